The molecule has 1 aliphatic rings. The molecule has 2 rings (SSSR count). The van der Waals surface area contributed by atoms with Gasteiger partial charge in [0.15, 0.2) is 11.5 Å². The van der Waals surface area contributed by atoms with E-state index in [0.29, 0.717) is 26.1 Å². The Labute approximate surface area is 109 Å². The van der Waals surface area contributed by atoms with E-state index in [0.717, 1.165) is 0 Å². The van der Waals surface area contributed by atoms with Crippen molar-refractivity contribution in [3.63, 3.8) is 0 Å². The van der Waals surface area contributed by atoms with Gasteiger partial charge in [0.2, 0.25) is 10.0 Å². The Balaban J connectivity index is 2.22. The molecule has 0 unspecified atom stereocenters. The number of aromatic nitrogens is 2. The molecular weight excluding hydrogens is 274 g/mol. The minimum atomic E-state index is -3.69. The Bertz CT molecular complexity index is 568. The third kappa shape index (κ3) is 3.18. The Morgan fingerprint density at radius 1 is 1.32 bits per heavy atom. The van der Waals surface area contributed by atoms with Gasteiger partial charge in [0.25, 0.3) is 0 Å². The van der Waals surface area contributed by atoms with Gasteiger partial charge in [-0.25, -0.2) is 23.2 Å². The topological polar surface area (TPSA) is 118 Å². The molecule has 0 aliphatic carbocycles. The molecule has 19 heavy (non-hydrogen) atoms. The van der Waals surface area contributed by atoms with Gasteiger partial charge < -0.3 is 9.84 Å². The molecule has 0 atom stereocenters. The molecule has 1 fully saturated rings. The van der Waals surface area contributed by atoms with Crippen molar-refractivity contribution in [2.45, 2.75) is 18.1 Å². The minimum absolute atomic E-state index is 0.263. The van der Waals surface area contributed by atoms with E-state index in [1.54, 1.807) is 0 Å². The minimum Gasteiger partial charge on any atom is -0.476 e. The van der Waals surface area contributed by atoms with Crippen LogP contribution in [0.5, 0.6) is 0 Å². The van der Waals surface area contributed by atoms with E-state index in [2.05, 4.69) is 14.7 Å². The van der Waals surface area contributed by atoms with Crippen molar-refractivity contribution < 1.29 is 23.1 Å². The van der Waals surface area contributed by atoms with Crippen LogP contribution in [0.25, 0.3) is 0 Å². The van der Waals surface area contributed by atoms with E-state index in [1.165, 1.54) is 12.4 Å². The molecule has 2 N–H and O–H groups in total. The number of anilines is 1. The summed E-state index contributed by atoms with van der Waals surface area (Å²) in [4.78, 5) is 18.2. The van der Waals surface area contributed by atoms with Crippen LogP contribution in [0.3, 0.4) is 0 Å². The van der Waals surface area contributed by atoms with Gasteiger partial charge in [0.05, 0.1) is 5.25 Å². The van der Waals surface area contributed by atoms with Crippen LogP contribution in [-0.2, 0) is 14.8 Å². The lowest BCUT2D eigenvalue weighted by Gasteiger charge is -2.22. The molecule has 0 spiro atoms. The summed E-state index contributed by atoms with van der Waals surface area (Å²) in [6, 6.07) is 0. The monoisotopic (exact) mass is 287 g/mol. The fourth-order valence-electron chi connectivity index (χ4n) is 1.77. The number of ether oxygens (including phenoxy) is 1. The second-order valence-corrected chi connectivity index (χ2v) is 5.98. The van der Waals surface area contributed by atoms with E-state index >= 15 is 0 Å². The van der Waals surface area contributed by atoms with Crippen molar-refractivity contribution in [2.75, 3.05) is 17.9 Å². The van der Waals surface area contributed by atoms with Gasteiger partial charge in [-0.1, -0.05) is 0 Å². The number of nitrogens with one attached hydrogen (secondary N) is 1. The number of hydrogen-bond donors (Lipinski definition) is 2. The second kappa shape index (κ2) is 5.49. The number of carboxylic acids is 1. The van der Waals surface area contributed by atoms with Gasteiger partial charge >= 0.3 is 5.97 Å². The molecule has 1 aliphatic heterocycles. The zero-order valence-corrected chi connectivity index (χ0v) is 10.8. The lowest BCUT2D eigenvalue weighted by Crippen LogP contribution is -2.34. The van der Waals surface area contributed by atoms with Crippen molar-refractivity contribution in [1.29, 1.82) is 0 Å². The number of aromatic carboxylic acids is 1. The maximum Gasteiger partial charge on any atom is 0.358 e. The van der Waals surface area contributed by atoms with Crippen LogP contribution < -0.4 is 4.72 Å². The number of carboxylic acid groups (broad SMARTS) is 1. The van der Waals surface area contributed by atoms with E-state index in [9.17, 15) is 13.2 Å². The number of rotatable bonds is 4. The van der Waals surface area contributed by atoms with Gasteiger partial charge in [-0.2, -0.15) is 0 Å². The molecule has 1 saturated heterocycles. The molecule has 2 heterocycles. The highest BCUT2D eigenvalue weighted by Crippen LogP contribution is 2.19. The molecule has 0 aromatic carbocycles. The molecule has 1 aromatic heterocycles. The van der Waals surface area contributed by atoms with Crippen LogP contribution in [0.4, 0.5) is 5.82 Å². The molecule has 0 radical (unpaired) electrons. The summed E-state index contributed by atoms with van der Waals surface area (Å²) in [5.41, 5.74) is -0.418. The largest absolute Gasteiger partial charge is 0.476 e. The van der Waals surface area contributed by atoms with E-state index < -0.39 is 26.9 Å². The number of sulfonamides is 1. The van der Waals surface area contributed by atoms with Crippen LogP contribution in [0.2, 0.25) is 0 Å². The first-order valence-corrected chi connectivity index (χ1v) is 7.19. The van der Waals surface area contributed by atoms with Crippen molar-refractivity contribution in [3.8, 4) is 0 Å². The zero-order valence-electron chi connectivity index (χ0n) is 9.94. The summed E-state index contributed by atoms with van der Waals surface area (Å²) in [5.74, 6) is -1.60. The highest BCUT2D eigenvalue weighted by Gasteiger charge is 2.29. The van der Waals surface area contributed by atoms with E-state index in [4.69, 9.17) is 9.84 Å². The summed E-state index contributed by atoms with van der Waals surface area (Å²) < 4.78 is 31.5. The van der Waals surface area contributed by atoms with Crippen molar-refractivity contribution in [3.05, 3.63) is 18.1 Å². The molecule has 104 valence electrons. The fraction of sp³-hybridized carbons (Fsp3) is 0.500. The fourth-order valence-corrected chi connectivity index (χ4v) is 3.17. The van der Waals surface area contributed by atoms with Crippen molar-refractivity contribution in [1.82, 2.24) is 9.97 Å². The normalized spacial score (nSPS) is 17.1. The summed E-state index contributed by atoms with van der Waals surface area (Å²) in [6.07, 6.45) is 3.17. The Morgan fingerprint density at radius 3 is 2.58 bits per heavy atom. The number of nitrogens with zero attached hydrogens (tertiary/aromatic N) is 2. The SMILES string of the molecule is O=C(O)c1nccnc1NS(=O)(=O)C1CCOCC1. The first-order chi connectivity index (χ1) is 9.00. The molecule has 0 amide bonds. The summed E-state index contributed by atoms with van der Waals surface area (Å²) in [7, 11) is -3.69. The van der Waals surface area contributed by atoms with Crippen molar-refractivity contribution >= 4 is 21.8 Å². The second-order valence-electron chi connectivity index (χ2n) is 4.02. The van der Waals surface area contributed by atoms with E-state index in [-0.39, 0.29) is 5.82 Å². The summed E-state index contributed by atoms with van der Waals surface area (Å²) >= 11 is 0. The summed E-state index contributed by atoms with van der Waals surface area (Å²) in [6.45, 7) is 0.746. The quantitative estimate of drug-likeness (QED) is 0.805. The maximum atomic E-state index is 12.1. The van der Waals surface area contributed by atoms with Gasteiger partial charge in [0, 0.05) is 25.6 Å². The number of hydrogen-bond acceptors (Lipinski definition) is 6. The first-order valence-electron chi connectivity index (χ1n) is 5.64. The zero-order chi connectivity index (χ0) is 13.9. The van der Waals surface area contributed by atoms with E-state index in [1.807, 2.05) is 0 Å². The smallest absolute Gasteiger partial charge is 0.358 e. The van der Waals surface area contributed by atoms with Gasteiger partial charge in [0.1, 0.15) is 0 Å². The molecular formula is C10H13N3O5S. The molecule has 8 nitrogen and oxygen atoms in total. The van der Waals surface area contributed by atoms with Crippen LogP contribution in [0.1, 0.15) is 23.3 Å². The Morgan fingerprint density at radius 2 is 1.95 bits per heavy atom. The van der Waals surface area contributed by atoms with Crippen LogP contribution in [0, 0.1) is 0 Å². The van der Waals surface area contributed by atoms with Gasteiger partial charge in [-0.3, -0.25) is 4.72 Å². The third-order valence-corrected chi connectivity index (χ3v) is 4.57. The summed E-state index contributed by atoms with van der Waals surface area (Å²) in [5, 5.41) is 8.31. The predicted molar refractivity (Wildman–Crippen MR) is 65.4 cm³/mol. The average Bonchev–Trinajstić information content (AvgIpc) is 2.39. The molecule has 9 heteroatoms. The first kappa shape index (κ1) is 13.7. The number of carbonyl (C=O) groups is 1. The molecule has 0 bridgehead atoms. The standard InChI is InChI=1S/C10H13N3O5S/c14-10(15)8-9(12-4-3-11-8)13-19(16,17)7-1-5-18-6-2-7/h3-4,7H,1-2,5-6H2,(H,12,13)(H,14,15). The van der Waals surface area contributed by atoms with Gasteiger partial charge in [-0.05, 0) is 12.8 Å². The van der Waals surface area contributed by atoms with Crippen LogP contribution in [-0.4, -0.2) is 47.9 Å². The van der Waals surface area contributed by atoms with Crippen molar-refractivity contribution in [2.24, 2.45) is 0 Å². The Kier molecular flexibility index (Phi) is 3.96. The molecule has 1 aromatic rings. The highest BCUT2D eigenvalue weighted by atomic mass is 32.2. The van der Waals surface area contributed by atoms with Crippen LogP contribution >= 0.6 is 0 Å². The third-order valence-electron chi connectivity index (χ3n) is 2.75. The lowest BCUT2D eigenvalue weighted by atomic mass is 10.2. The van der Waals surface area contributed by atoms with Crippen LogP contribution in [0.15, 0.2) is 12.4 Å². The average molecular weight is 287 g/mol. The lowest BCUT2D eigenvalue weighted by molar-refractivity contribution is 0.0691. The maximum absolute atomic E-state index is 12.1. The molecule has 0 saturated carbocycles. The highest BCUT2D eigenvalue weighted by molar-refractivity contribution is 7.93. The Hall–Kier alpha value is -1.74. The van der Waals surface area contributed by atoms with Gasteiger partial charge in [-0.15, -0.1) is 0 Å². The predicted octanol–water partition coefficient (Wildman–Crippen LogP) is 0.0955.